The summed E-state index contributed by atoms with van der Waals surface area (Å²) >= 11 is 0. The molecule has 68 valence electrons. The lowest BCUT2D eigenvalue weighted by molar-refractivity contribution is 0.200. The maximum absolute atomic E-state index is 11.2. The van der Waals surface area contributed by atoms with Crippen LogP contribution in [0.4, 0.5) is 19.2 Å². The second-order valence-corrected chi connectivity index (χ2v) is 5.79. The third-order valence-electron chi connectivity index (χ3n) is 2.30. The molecule has 6 nitrogen and oxygen atoms in total. The van der Waals surface area contributed by atoms with E-state index in [1.807, 2.05) is 0 Å². The highest BCUT2D eigenvalue weighted by molar-refractivity contribution is 8.30. The van der Waals surface area contributed by atoms with Crippen molar-refractivity contribution in [3.63, 3.8) is 0 Å². The van der Waals surface area contributed by atoms with Gasteiger partial charge < -0.3 is 0 Å². The first-order valence-electron chi connectivity index (χ1n) is 3.50. The van der Waals surface area contributed by atoms with Gasteiger partial charge in [0.1, 0.15) is 0 Å². The molecular weight excluding hydrogens is 195 g/mol. The van der Waals surface area contributed by atoms with Crippen LogP contribution in [0.1, 0.15) is 0 Å². The number of carbonyl (C=O) groups is 4. The summed E-state index contributed by atoms with van der Waals surface area (Å²) < 4.78 is 0. The van der Waals surface area contributed by atoms with Crippen LogP contribution in [0.2, 0.25) is 0 Å². The number of amides is 4. The molecule has 13 heavy (non-hydrogen) atoms. The van der Waals surface area contributed by atoms with Crippen molar-refractivity contribution in [2.45, 2.75) is 0 Å². The van der Waals surface area contributed by atoms with E-state index < -0.39 is 29.9 Å². The zero-order chi connectivity index (χ0) is 9.96. The monoisotopic (exact) mass is 201 g/mol. The van der Waals surface area contributed by atoms with Gasteiger partial charge in [0, 0.05) is 14.1 Å². The topological polar surface area (TPSA) is 74.8 Å². The summed E-state index contributed by atoms with van der Waals surface area (Å²) in [5.74, 6) is 0. The highest BCUT2D eigenvalue weighted by atomic mass is 31.2. The van der Waals surface area contributed by atoms with Crippen molar-refractivity contribution in [3.05, 3.63) is 0 Å². The number of hydrogen-bond acceptors (Lipinski definition) is 4. The molecule has 7 heteroatoms. The summed E-state index contributed by atoms with van der Waals surface area (Å²) in [6.07, 6.45) is 0. The Balaban J connectivity index is 2.46. The summed E-state index contributed by atoms with van der Waals surface area (Å²) in [6.45, 7) is 0. The molecule has 0 aromatic heterocycles. The zero-order valence-corrected chi connectivity index (χ0v) is 7.87. The van der Waals surface area contributed by atoms with Gasteiger partial charge in [0.2, 0.25) is 0 Å². The number of hydrogen-bond donors (Lipinski definition) is 0. The van der Waals surface area contributed by atoms with Crippen LogP contribution in [-0.2, 0) is 0 Å². The Labute approximate surface area is 73.8 Å². The van der Waals surface area contributed by atoms with Crippen LogP contribution >= 0.6 is 7.26 Å². The van der Waals surface area contributed by atoms with E-state index in [2.05, 4.69) is 0 Å². The van der Waals surface area contributed by atoms with Crippen molar-refractivity contribution in [3.8, 4) is 0 Å². The molecule has 2 rings (SSSR count). The minimum Gasteiger partial charge on any atom is -0.224 e. The molecule has 0 aromatic carbocycles. The van der Waals surface area contributed by atoms with E-state index in [1.54, 1.807) is 0 Å². The average molecular weight is 201 g/mol. The van der Waals surface area contributed by atoms with Crippen molar-refractivity contribution >= 4 is 29.9 Å². The Hall–Kier alpha value is -1.29. The predicted octanol–water partition coefficient (Wildman–Crippen LogP) is 1.37. The standard InChI is InChI=1S/C6H6N2O4P/c1-7-3(9)13(4(7)10)5(11)8(2)6(13)12/h1-2H3/q+1. The van der Waals surface area contributed by atoms with E-state index in [4.69, 9.17) is 0 Å². The first-order chi connectivity index (χ1) is 5.95. The molecule has 1 spiro atoms. The molecule has 0 radical (unpaired) electrons. The molecule has 0 aromatic rings. The second kappa shape index (κ2) is 1.96. The van der Waals surface area contributed by atoms with Crippen LogP contribution in [-0.4, -0.2) is 46.5 Å². The third-order valence-corrected chi connectivity index (χ3v) is 5.79. The summed E-state index contributed by atoms with van der Waals surface area (Å²) in [5, 5.41) is 0. The molecule has 0 unspecified atom stereocenters. The summed E-state index contributed by atoms with van der Waals surface area (Å²) in [7, 11) is -0.678. The Kier molecular flexibility index (Phi) is 1.25. The molecule has 2 saturated heterocycles. The lowest BCUT2D eigenvalue weighted by atomic mass is 10.8. The fourth-order valence-corrected chi connectivity index (χ4v) is 4.32. The first kappa shape index (κ1) is 8.31. The van der Waals surface area contributed by atoms with Gasteiger partial charge >= 0.3 is 29.9 Å². The molecular formula is C6H6N2O4P+. The van der Waals surface area contributed by atoms with Gasteiger partial charge in [-0.05, 0) is 0 Å². The molecule has 2 fully saturated rings. The van der Waals surface area contributed by atoms with E-state index in [1.165, 1.54) is 14.1 Å². The van der Waals surface area contributed by atoms with E-state index >= 15 is 0 Å². The van der Waals surface area contributed by atoms with Crippen molar-refractivity contribution in [1.82, 2.24) is 9.80 Å². The van der Waals surface area contributed by atoms with E-state index in [0.717, 1.165) is 9.80 Å². The second-order valence-electron chi connectivity index (χ2n) is 2.92. The van der Waals surface area contributed by atoms with Gasteiger partial charge in [-0.2, -0.15) is 0 Å². The van der Waals surface area contributed by atoms with Crippen LogP contribution in [0.25, 0.3) is 0 Å². The number of imide groups is 2. The maximum Gasteiger partial charge on any atom is 0.403 e. The first-order valence-corrected chi connectivity index (χ1v) is 5.29. The van der Waals surface area contributed by atoms with E-state index in [9.17, 15) is 19.2 Å². The Morgan fingerprint density at radius 3 is 1.23 bits per heavy atom. The third kappa shape index (κ3) is 0.542. The Morgan fingerprint density at radius 1 is 0.769 bits per heavy atom. The van der Waals surface area contributed by atoms with Crippen LogP contribution in [0.3, 0.4) is 0 Å². The lowest BCUT2D eigenvalue weighted by Crippen LogP contribution is -2.63. The maximum atomic E-state index is 11.2. The van der Waals surface area contributed by atoms with Gasteiger partial charge in [0.05, 0.1) is 0 Å². The fourth-order valence-electron chi connectivity index (χ4n) is 1.47. The quantitative estimate of drug-likeness (QED) is 0.554. The zero-order valence-electron chi connectivity index (χ0n) is 6.97. The van der Waals surface area contributed by atoms with Gasteiger partial charge in [-0.1, -0.05) is 0 Å². The minimum absolute atomic E-state index is 0.606. The largest absolute Gasteiger partial charge is 0.403 e. The highest BCUT2D eigenvalue weighted by Crippen LogP contribution is 2.77. The molecule has 2 heterocycles. The van der Waals surface area contributed by atoms with Gasteiger partial charge in [-0.25, -0.2) is 29.0 Å². The average Bonchev–Trinajstić information content (AvgIpc) is 2.16. The van der Waals surface area contributed by atoms with Crippen molar-refractivity contribution in [2.24, 2.45) is 0 Å². The summed E-state index contributed by atoms with van der Waals surface area (Å²) in [5.41, 5.74) is -2.42. The van der Waals surface area contributed by atoms with Crippen LogP contribution in [0, 0.1) is 0 Å². The molecule has 0 aliphatic carbocycles. The van der Waals surface area contributed by atoms with Crippen LogP contribution in [0.15, 0.2) is 0 Å². The molecule has 0 N–H and O–H groups in total. The molecule has 0 bridgehead atoms. The van der Waals surface area contributed by atoms with Crippen molar-refractivity contribution < 1.29 is 19.2 Å². The Morgan fingerprint density at radius 2 is 1.00 bits per heavy atom. The fraction of sp³-hybridized carbons (Fsp3) is 0.333. The van der Waals surface area contributed by atoms with Gasteiger partial charge in [0.25, 0.3) is 0 Å². The van der Waals surface area contributed by atoms with Gasteiger partial charge in [0.15, 0.2) is 0 Å². The molecule has 2 aliphatic rings. The number of rotatable bonds is 0. The van der Waals surface area contributed by atoms with E-state index in [-0.39, 0.29) is 0 Å². The number of nitrogens with zero attached hydrogens (tertiary/aromatic N) is 2. The van der Waals surface area contributed by atoms with Crippen LogP contribution < -0.4 is 0 Å². The summed E-state index contributed by atoms with van der Waals surface area (Å²) in [6, 6.07) is 0. The van der Waals surface area contributed by atoms with Crippen LogP contribution in [0.5, 0.6) is 0 Å². The summed E-state index contributed by atoms with van der Waals surface area (Å²) in [4.78, 5) is 46.6. The minimum atomic E-state index is -3.22. The Bertz CT molecular complexity index is 305. The smallest absolute Gasteiger partial charge is 0.224 e. The highest BCUT2D eigenvalue weighted by Gasteiger charge is 2.89. The van der Waals surface area contributed by atoms with Crippen molar-refractivity contribution in [2.75, 3.05) is 14.1 Å². The predicted molar refractivity (Wildman–Crippen MR) is 44.0 cm³/mol. The van der Waals surface area contributed by atoms with Gasteiger partial charge in [-0.3, -0.25) is 0 Å². The normalized spacial score (nSPS) is 25.1. The molecule has 0 atom stereocenters. The SMILES string of the molecule is CN1C(=O)[P+]2(C1=O)C(=O)N(C)C2=O. The van der Waals surface area contributed by atoms with Gasteiger partial charge in [-0.15, -0.1) is 0 Å². The lowest BCUT2D eigenvalue weighted by Gasteiger charge is -2.39. The molecule has 2 aliphatic heterocycles. The van der Waals surface area contributed by atoms with Crippen molar-refractivity contribution in [1.29, 1.82) is 0 Å². The number of carbonyl (C=O) groups excluding carboxylic acids is 4. The molecule has 4 amide bonds. The van der Waals surface area contributed by atoms with E-state index in [0.29, 0.717) is 0 Å². The molecule has 0 saturated carbocycles.